The fourth-order valence-corrected chi connectivity index (χ4v) is 2.34. The molecule has 0 aliphatic heterocycles. The lowest BCUT2D eigenvalue weighted by Crippen LogP contribution is -2.44. The molecule has 23 heavy (non-hydrogen) atoms. The lowest BCUT2D eigenvalue weighted by Gasteiger charge is -2.10. The van der Waals surface area contributed by atoms with Crippen molar-refractivity contribution in [3.8, 4) is 0 Å². The number of amides is 3. The van der Waals surface area contributed by atoms with Gasteiger partial charge in [0.15, 0.2) is 0 Å². The SMILES string of the molecule is O=C(CNC(=O)NCCCSc1ccccc1)NCC(F)(F)F. The van der Waals surface area contributed by atoms with Gasteiger partial charge in [0, 0.05) is 11.4 Å². The van der Waals surface area contributed by atoms with Crippen LogP contribution >= 0.6 is 11.8 Å². The van der Waals surface area contributed by atoms with Crippen LogP contribution in [0.4, 0.5) is 18.0 Å². The largest absolute Gasteiger partial charge is 0.405 e. The van der Waals surface area contributed by atoms with Crippen LogP contribution in [0.3, 0.4) is 0 Å². The van der Waals surface area contributed by atoms with Crippen LogP contribution in [0, 0.1) is 0 Å². The first kappa shape index (κ1) is 19.1. The lowest BCUT2D eigenvalue weighted by atomic mass is 10.4. The highest BCUT2D eigenvalue weighted by Crippen LogP contribution is 2.17. The van der Waals surface area contributed by atoms with Gasteiger partial charge in [0.2, 0.25) is 5.91 Å². The Morgan fingerprint density at radius 3 is 2.39 bits per heavy atom. The van der Waals surface area contributed by atoms with Crippen molar-refractivity contribution in [2.24, 2.45) is 0 Å². The number of halogens is 3. The number of hydrogen-bond donors (Lipinski definition) is 3. The van der Waals surface area contributed by atoms with Crippen molar-refractivity contribution in [2.75, 3.05) is 25.4 Å². The average molecular weight is 349 g/mol. The second-order valence-corrected chi connectivity index (χ2v) is 5.68. The first-order chi connectivity index (χ1) is 10.9. The number of alkyl halides is 3. The van der Waals surface area contributed by atoms with Crippen LogP contribution < -0.4 is 16.0 Å². The van der Waals surface area contributed by atoms with Gasteiger partial charge in [-0.05, 0) is 24.3 Å². The highest BCUT2D eigenvalue weighted by atomic mass is 32.2. The molecule has 0 aliphatic carbocycles. The van der Waals surface area contributed by atoms with Gasteiger partial charge in [0.05, 0.1) is 6.54 Å². The highest BCUT2D eigenvalue weighted by Gasteiger charge is 2.27. The molecule has 0 fully saturated rings. The van der Waals surface area contributed by atoms with E-state index in [2.05, 4.69) is 10.6 Å². The topological polar surface area (TPSA) is 70.2 Å². The summed E-state index contributed by atoms with van der Waals surface area (Å²) in [6.07, 6.45) is -3.73. The third kappa shape index (κ3) is 10.5. The normalized spacial score (nSPS) is 10.9. The molecule has 0 spiro atoms. The maximum absolute atomic E-state index is 11.9. The van der Waals surface area contributed by atoms with Gasteiger partial charge in [0.25, 0.3) is 0 Å². The van der Waals surface area contributed by atoms with E-state index in [1.54, 1.807) is 17.1 Å². The molecule has 1 aromatic carbocycles. The van der Waals surface area contributed by atoms with Crippen molar-refractivity contribution >= 4 is 23.7 Å². The Morgan fingerprint density at radius 1 is 1.04 bits per heavy atom. The van der Waals surface area contributed by atoms with E-state index in [0.717, 1.165) is 17.1 Å². The smallest absolute Gasteiger partial charge is 0.345 e. The molecule has 0 atom stereocenters. The second kappa shape index (κ2) is 9.98. The second-order valence-electron chi connectivity index (χ2n) is 4.52. The Hall–Kier alpha value is -1.90. The summed E-state index contributed by atoms with van der Waals surface area (Å²) in [6, 6.07) is 9.21. The van der Waals surface area contributed by atoms with Crippen LogP contribution in [0.2, 0.25) is 0 Å². The fourth-order valence-electron chi connectivity index (χ4n) is 1.47. The van der Waals surface area contributed by atoms with Gasteiger partial charge in [-0.3, -0.25) is 4.79 Å². The van der Waals surface area contributed by atoms with E-state index in [0.29, 0.717) is 6.54 Å². The summed E-state index contributed by atoms with van der Waals surface area (Å²) in [5.41, 5.74) is 0. The number of benzene rings is 1. The van der Waals surface area contributed by atoms with Crippen molar-refractivity contribution in [3.63, 3.8) is 0 Å². The Morgan fingerprint density at radius 2 is 1.74 bits per heavy atom. The number of nitrogens with one attached hydrogen (secondary N) is 3. The Labute approximate surface area is 136 Å². The van der Waals surface area contributed by atoms with E-state index in [-0.39, 0.29) is 0 Å². The van der Waals surface area contributed by atoms with Gasteiger partial charge in [-0.15, -0.1) is 11.8 Å². The molecule has 1 rings (SSSR count). The summed E-state index contributed by atoms with van der Waals surface area (Å²) >= 11 is 1.66. The Bertz CT molecular complexity index is 498. The molecular formula is C14H18F3N3O2S. The molecule has 3 amide bonds. The average Bonchev–Trinajstić information content (AvgIpc) is 2.51. The van der Waals surface area contributed by atoms with Gasteiger partial charge in [0.1, 0.15) is 6.54 Å². The zero-order valence-corrected chi connectivity index (χ0v) is 13.1. The van der Waals surface area contributed by atoms with E-state index in [4.69, 9.17) is 0 Å². The zero-order valence-electron chi connectivity index (χ0n) is 12.3. The Balaban J connectivity index is 2.03. The third-order valence-corrected chi connectivity index (χ3v) is 3.61. The summed E-state index contributed by atoms with van der Waals surface area (Å²) in [4.78, 5) is 23.6. The van der Waals surface area contributed by atoms with Crippen molar-refractivity contribution < 1.29 is 22.8 Å². The van der Waals surface area contributed by atoms with E-state index in [9.17, 15) is 22.8 Å². The number of carbonyl (C=O) groups excluding carboxylic acids is 2. The van der Waals surface area contributed by atoms with Crippen LogP contribution in [0.5, 0.6) is 0 Å². The minimum absolute atomic E-state index is 0.413. The van der Waals surface area contributed by atoms with Crippen molar-refractivity contribution in [3.05, 3.63) is 30.3 Å². The molecule has 0 aromatic heterocycles. The quantitative estimate of drug-likeness (QED) is 0.497. The molecule has 0 aliphatic rings. The van der Waals surface area contributed by atoms with Gasteiger partial charge in [-0.1, -0.05) is 18.2 Å². The number of hydrogen-bond acceptors (Lipinski definition) is 3. The number of rotatable bonds is 8. The van der Waals surface area contributed by atoms with E-state index >= 15 is 0 Å². The lowest BCUT2D eigenvalue weighted by molar-refractivity contribution is -0.137. The van der Waals surface area contributed by atoms with Gasteiger partial charge >= 0.3 is 12.2 Å². The van der Waals surface area contributed by atoms with Crippen molar-refractivity contribution in [1.82, 2.24) is 16.0 Å². The predicted octanol–water partition coefficient (Wildman–Crippen LogP) is 2.15. The molecule has 5 nitrogen and oxygen atoms in total. The minimum Gasteiger partial charge on any atom is -0.345 e. The molecule has 0 unspecified atom stereocenters. The molecule has 0 saturated heterocycles. The van der Waals surface area contributed by atoms with Crippen LogP contribution in [-0.2, 0) is 4.79 Å². The van der Waals surface area contributed by atoms with Crippen molar-refractivity contribution in [1.29, 1.82) is 0 Å². The Kier molecular flexibility index (Phi) is 8.31. The molecule has 128 valence electrons. The number of thioether (sulfide) groups is 1. The summed E-state index contributed by atoms with van der Waals surface area (Å²) < 4.78 is 35.6. The maximum Gasteiger partial charge on any atom is 0.405 e. The maximum atomic E-state index is 11.9. The molecular weight excluding hydrogens is 331 g/mol. The first-order valence-electron chi connectivity index (χ1n) is 6.90. The molecule has 9 heteroatoms. The molecule has 0 saturated carbocycles. The van der Waals surface area contributed by atoms with E-state index < -0.39 is 31.2 Å². The summed E-state index contributed by atoms with van der Waals surface area (Å²) in [6.45, 7) is -1.50. The van der Waals surface area contributed by atoms with Crippen LogP contribution in [-0.4, -0.2) is 43.5 Å². The van der Waals surface area contributed by atoms with Crippen LogP contribution in [0.25, 0.3) is 0 Å². The minimum atomic E-state index is -4.46. The number of urea groups is 1. The monoisotopic (exact) mass is 349 g/mol. The summed E-state index contributed by atoms with van der Waals surface area (Å²) in [7, 11) is 0. The van der Waals surface area contributed by atoms with E-state index in [1.165, 1.54) is 0 Å². The highest BCUT2D eigenvalue weighted by molar-refractivity contribution is 7.99. The third-order valence-electron chi connectivity index (χ3n) is 2.51. The molecule has 0 radical (unpaired) electrons. The predicted molar refractivity (Wildman–Crippen MR) is 82.2 cm³/mol. The first-order valence-corrected chi connectivity index (χ1v) is 7.88. The number of carbonyl (C=O) groups is 2. The zero-order chi connectivity index (χ0) is 17.1. The molecule has 3 N–H and O–H groups in total. The fraction of sp³-hybridized carbons (Fsp3) is 0.429. The van der Waals surface area contributed by atoms with Gasteiger partial charge in [-0.2, -0.15) is 13.2 Å². The van der Waals surface area contributed by atoms with Gasteiger partial charge < -0.3 is 16.0 Å². The van der Waals surface area contributed by atoms with E-state index in [1.807, 2.05) is 30.3 Å². The molecule has 0 bridgehead atoms. The summed E-state index contributed by atoms with van der Waals surface area (Å²) in [5.74, 6) is -0.0757. The van der Waals surface area contributed by atoms with Crippen LogP contribution in [0.15, 0.2) is 35.2 Å². The van der Waals surface area contributed by atoms with Crippen molar-refractivity contribution in [2.45, 2.75) is 17.5 Å². The van der Waals surface area contributed by atoms with Crippen LogP contribution in [0.1, 0.15) is 6.42 Å². The standard InChI is InChI=1S/C14H18F3N3O2S/c15-14(16,17)10-20-12(21)9-19-13(22)18-7-4-8-23-11-5-2-1-3-6-11/h1-3,5-6H,4,7-10H2,(H,20,21)(H2,18,19,22). The molecule has 1 aromatic rings. The van der Waals surface area contributed by atoms with Gasteiger partial charge in [-0.25, -0.2) is 4.79 Å². The summed E-state index contributed by atoms with van der Waals surface area (Å²) in [5, 5.41) is 6.38. The molecule has 0 heterocycles.